The second-order valence-electron chi connectivity index (χ2n) is 9.06. The average molecular weight is 590 g/mol. The number of benzene rings is 3. The highest BCUT2D eigenvalue weighted by Gasteiger charge is 2.44. The van der Waals surface area contributed by atoms with Crippen molar-refractivity contribution in [2.75, 3.05) is 43.0 Å². The lowest BCUT2D eigenvalue weighted by Gasteiger charge is -2.40. The lowest BCUT2D eigenvalue weighted by atomic mass is 10.1. The van der Waals surface area contributed by atoms with Gasteiger partial charge in [-0.3, -0.25) is 4.90 Å². The van der Waals surface area contributed by atoms with Crippen LogP contribution in [0.15, 0.2) is 76.1 Å². The lowest BCUT2D eigenvalue weighted by molar-refractivity contribution is 0.226. The molecule has 3 aromatic rings. The first-order chi connectivity index (χ1) is 17.2. The number of carbonyl (C=O) groups is 1. The molecule has 7 nitrogen and oxygen atoms in total. The van der Waals surface area contributed by atoms with Gasteiger partial charge in [0.2, 0.25) is 0 Å². The second-order valence-corrected chi connectivity index (χ2v) is 12.2. The lowest BCUT2D eigenvalue weighted by Crippen LogP contribution is -2.51. The molecule has 0 aliphatic carbocycles. The highest BCUT2D eigenvalue weighted by molar-refractivity contribution is 9.10. The molecule has 1 saturated heterocycles. The van der Waals surface area contributed by atoms with E-state index in [0.29, 0.717) is 35.1 Å². The summed E-state index contributed by atoms with van der Waals surface area (Å²) in [6.45, 7) is 3.08. The predicted octanol–water partition coefficient (Wildman–Crippen LogP) is 5.19. The largest absolute Gasteiger partial charge is 0.368 e. The molecule has 2 heterocycles. The van der Waals surface area contributed by atoms with Crippen molar-refractivity contribution in [1.82, 2.24) is 9.21 Å². The van der Waals surface area contributed by atoms with E-state index in [9.17, 15) is 13.2 Å². The van der Waals surface area contributed by atoms with E-state index in [1.165, 1.54) is 4.90 Å². The Bertz CT molecular complexity index is 1400. The topological polar surface area (TPSA) is 64.2 Å². The summed E-state index contributed by atoms with van der Waals surface area (Å²) in [5.74, 6) is 0. The third-order valence-electron chi connectivity index (χ3n) is 6.54. The number of halogens is 2. The monoisotopic (exact) mass is 588 g/mol. The Morgan fingerprint density at radius 1 is 0.861 bits per heavy atom. The van der Waals surface area contributed by atoms with Crippen molar-refractivity contribution in [1.29, 1.82) is 0 Å². The van der Waals surface area contributed by atoms with Gasteiger partial charge in [0.15, 0.2) is 0 Å². The molecule has 188 valence electrons. The molecule has 10 heteroatoms. The Hall–Kier alpha value is -2.59. The van der Waals surface area contributed by atoms with Crippen molar-refractivity contribution in [2.24, 2.45) is 0 Å². The summed E-state index contributed by atoms with van der Waals surface area (Å²) in [5, 5.41) is 0.393. The number of urea groups is 1. The number of likely N-dealkylation sites (N-methyl/N-ethyl adjacent to an activating group) is 1. The van der Waals surface area contributed by atoms with Crippen molar-refractivity contribution < 1.29 is 13.2 Å². The Morgan fingerprint density at radius 2 is 1.53 bits per heavy atom. The number of piperazine rings is 1. The van der Waals surface area contributed by atoms with Crippen molar-refractivity contribution in [3.05, 3.63) is 87.4 Å². The number of carbonyl (C=O) groups excluding carboxylic acids is 1. The van der Waals surface area contributed by atoms with Crippen LogP contribution in [-0.4, -0.2) is 56.9 Å². The first-order valence-corrected chi connectivity index (χ1v) is 14.2. The van der Waals surface area contributed by atoms with Gasteiger partial charge in [-0.25, -0.2) is 17.5 Å². The molecule has 0 radical (unpaired) electrons. The third-order valence-corrected chi connectivity index (χ3v) is 9.05. The summed E-state index contributed by atoms with van der Waals surface area (Å²) in [6, 6.07) is 19.6. The maximum Gasteiger partial charge on any atom is 0.339 e. The van der Waals surface area contributed by atoms with Crippen molar-refractivity contribution in [2.45, 2.75) is 18.0 Å². The van der Waals surface area contributed by atoms with Crippen LogP contribution in [0.2, 0.25) is 5.02 Å². The fourth-order valence-corrected chi connectivity index (χ4v) is 7.02. The highest BCUT2D eigenvalue weighted by atomic mass is 79.9. The number of hydrogen-bond donors (Lipinski definition) is 0. The van der Waals surface area contributed by atoms with Gasteiger partial charge in [-0.15, -0.1) is 0 Å². The molecule has 3 aromatic carbocycles. The summed E-state index contributed by atoms with van der Waals surface area (Å²) >= 11 is 9.97. The number of hydrogen-bond acceptors (Lipinski definition) is 5. The molecule has 5 rings (SSSR count). The smallest absolute Gasteiger partial charge is 0.339 e. The molecule has 0 bridgehead atoms. The van der Waals surface area contributed by atoms with Crippen LogP contribution in [-0.2, 0) is 23.1 Å². The fourth-order valence-electron chi connectivity index (χ4n) is 4.64. The summed E-state index contributed by atoms with van der Waals surface area (Å²) in [4.78, 5) is 19.7. The van der Waals surface area contributed by atoms with Gasteiger partial charge in [0.1, 0.15) is 4.90 Å². The van der Waals surface area contributed by atoms with Crippen LogP contribution in [0.5, 0.6) is 0 Å². The van der Waals surface area contributed by atoms with Gasteiger partial charge in [0.25, 0.3) is 10.0 Å². The molecule has 0 atom stereocenters. The van der Waals surface area contributed by atoms with E-state index in [1.807, 2.05) is 61.6 Å². The summed E-state index contributed by atoms with van der Waals surface area (Å²) < 4.78 is 30.0. The molecule has 1 fully saturated rings. The number of amides is 2. The van der Waals surface area contributed by atoms with Gasteiger partial charge < -0.3 is 9.80 Å². The predicted molar refractivity (Wildman–Crippen MR) is 146 cm³/mol. The van der Waals surface area contributed by atoms with E-state index in [4.69, 9.17) is 11.6 Å². The number of fused-ring (bicyclic) bond motifs is 1. The van der Waals surface area contributed by atoms with Gasteiger partial charge in [0.05, 0.1) is 24.5 Å². The van der Waals surface area contributed by atoms with Crippen LogP contribution < -0.4 is 9.80 Å². The van der Waals surface area contributed by atoms with E-state index in [2.05, 4.69) is 25.7 Å². The molecule has 0 aromatic heterocycles. The number of nitrogens with zero attached hydrogens (tertiary/aromatic N) is 4. The molecule has 0 unspecified atom stereocenters. The zero-order chi connectivity index (χ0) is 25.4. The van der Waals surface area contributed by atoms with Crippen LogP contribution in [0.3, 0.4) is 0 Å². The van der Waals surface area contributed by atoms with Gasteiger partial charge >= 0.3 is 6.03 Å². The normalized spacial score (nSPS) is 17.9. The highest BCUT2D eigenvalue weighted by Crippen LogP contribution is 2.44. The molecule has 2 aliphatic rings. The minimum atomic E-state index is -4.17. The average Bonchev–Trinajstić information content (AvgIpc) is 2.85. The third kappa shape index (κ3) is 4.85. The minimum absolute atomic E-state index is 0.0733. The van der Waals surface area contributed by atoms with Crippen LogP contribution >= 0.6 is 27.5 Å². The Labute approximate surface area is 225 Å². The number of anilines is 2. The first kappa shape index (κ1) is 25.1. The van der Waals surface area contributed by atoms with Gasteiger partial charge in [-0.2, -0.15) is 0 Å². The van der Waals surface area contributed by atoms with Crippen LogP contribution in [0.1, 0.15) is 11.1 Å². The van der Waals surface area contributed by atoms with Crippen molar-refractivity contribution in [3.63, 3.8) is 0 Å². The van der Waals surface area contributed by atoms with Gasteiger partial charge in [-0.05, 0) is 42.4 Å². The fraction of sp³-hybridized carbons (Fsp3) is 0.269. The molecule has 2 aliphatic heterocycles. The van der Waals surface area contributed by atoms with E-state index < -0.39 is 16.1 Å². The van der Waals surface area contributed by atoms with E-state index in [0.717, 1.165) is 27.4 Å². The zero-order valence-electron chi connectivity index (χ0n) is 19.8. The van der Waals surface area contributed by atoms with E-state index >= 15 is 0 Å². The summed E-state index contributed by atoms with van der Waals surface area (Å²) in [7, 11) is -2.12. The summed E-state index contributed by atoms with van der Waals surface area (Å²) in [5.41, 5.74) is 2.45. The van der Waals surface area contributed by atoms with Gasteiger partial charge in [-0.1, -0.05) is 70.0 Å². The Balaban J connectivity index is 1.66. The van der Waals surface area contributed by atoms with Crippen LogP contribution in [0.25, 0.3) is 0 Å². The molecule has 2 amide bonds. The van der Waals surface area contributed by atoms with E-state index in [-0.39, 0.29) is 18.0 Å². The maximum atomic E-state index is 14.1. The van der Waals surface area contributed by atoms with Crippen molar-refractivity contribution in [3.8, 4) is 0 Å². The van der Waals surface area contributed by atoms with Crippen LogP contribution in [0.4, 0.5) is 16.2 Å². The molecular weight excluding hydrogens is 564 g/mol. The minimum Gasteiger partial charge on any atom is -0.368 e. The molecule has 0 spiro atoms. The molecule has 36 heavy (non-hydrogen) atoms. The Kier molecular flexibility index (Phi) is 7.00. The second kappa shape index (κ2) is 10.0. The molecule has 0 N–H and O–H groups in total. The number of rotatable bonds is 5. The summed E-state index contributed by atoms with van der Waals surface area (Å²) in [6.07, 6.45) is 0. The standard InChI is InChI=1S/C26H26BrClN4O3S/c1-29-10-12-30(13-11-29)23-15-22(28)16-24-25(23)36(34,35)32(18-20-8-5-9-21(27)14-20)26(33)31(24)17-19-6-3-2-4-7-19/h2-9,14-16H,10-13,17-18H2,1H3. The first-order valence-electron chi connectivity index (χ1n) is 11.6. The maximum absolute atomic E-state index is 14.1. The molecule has 0 saturated carbocycles. The zero-order valence-corrected chi connectivity index (χ0v) is 22.9. The van der Waals surface area contributed by atoms with Crippen molar-refractivity contribution >= 4 is 55.0 Å². The number of sulfonamides is 1. The Morgan fingerprint density at radius 3 is 2.22 bits per heavy atom. The molecular formula is C26H26BrClN4O3S. The van der Waals surface area contributed by atoms with Gasteiger partial charge in [0, 0.05) is 35.7 Å². The SMILES string of the molecule is CN1CCN(c2cc(Cl)cc3c2S(=O)(=O)N(Cc2cccc(Br)c2)C(=O)N3Cc2ccccc2)CC1. The van der Waals surface area contributed by atoms with Crippen LogP contribution in [0, 0.1) is 0 Å². The quantitative estimate of drug-likeness (QED) is 0.410. The van der Waals surface area contributed by atoms with E-state index in [1.54, 1.807) is 12.1 Å².